The van der Waals surface area contributed by atoms with Gasteiger partial charge in [-0.3, -0.25) is 9.59 Å². The van der Waals surface area contributed by atoms with E-state index in [4.69, 9.17) is 0 Å². The normalized spacial score (nSPS) is 15.4. The molecule has 0 radical (unpaired) electrons. The van der Waals surface area contributed by atoms with Crippen molar-refractivity contribution < 1.29 is 4.79 Å². The van der Waals surface area contributed by atoms with Gasteiger partial charge in [0.25, 0.3) is 11.5 Å². The highest BCUT2D eigenvalue weighted by Crippen LogP contribution is 2.36. The summed E-state index contributed by atoms with van der Waals surface area (Å²) in [6, 6.07) is 14.9. The number of fused-ring (bicyclic) bond motifs is 1. The van der Waals surface area contributed by atoms with E-state index in [1.165, 1.54) is 6.42 Å². The first kappa shape index (κ1) is 21.2. The number of nitrogens with zero attached hydrogens (tertiary/aromatic N) is 3. The summed E-state index contributed by atoms with van der Waals surface area (Å²) in [5.41, 5.74) is 2.09. The Kier molecular flexibility index (Phi) is 5.58. The second-order valence-electron chi connectivity index (χ2n) is 9.09. The lowest BCUT2D eigenvalue weighted by molar-refractivity contribution is 0.102. The molecule has 6 nitrogen and oxygen atoms in total. The Balaban J connectivity index is 1.49. The molecule has 1 N–H and O–H groups in total. The molecule has 2 aromatic carbocycles. The van der Waals surface area contributed by atoms with Gasteiger partial charge in [-0.1, -0.05) is 43.0 Å². The first-order chi connectivity index (χ1) is 16.1. The van der Waals surface area contributed by atoms with Crippen LogP contribution < -0.4 is 10.9 Å². The number of hydrogen-bond donors (Lipinski definition) is 1. The maximum absolute atomic E-state index is 13.5. The Morgan fingerprint density at radius 2 is 1.85 bits per heavy atom. The van der Waals surface area contributed by atoms with Gasteiger partial charge in [0.1, 0.15) is 0 Å². The fourth-order valence-corrected chi connectivity index (χ4v) is 5.10. The van der Waals surface area contributed by atoms with Crippen molar-refractivity contribution in [1.29, 1.82) is 0 Å². The number of carbonyl (C=O) groups is 1. The van der Waals surface area contributed by atoms with Crippen LogP contribution in [0.4, 0.5) is 5.69 Å². The van der Waals surface area contributed by atoms with Crippen LogP contribution in [0.5, 0.6) is 0 Å². The summed E-state index contributed by atoms with van der Waals surface area (Å²) in [7, 11) is 0. The highest BCUT2D eigenvalue weighted by molar-refractivity contribution is 6.09. The zero-order chi connectivity index (χ0) is 22.8. The monoisotopic (exact) mass is 440 g/mol. The Hall–Kier alpha value is -3.67. The predicted molar refractivity (Wildman–Crippen MR) is 131 cm³/mol. The number of aromatic nitrogens is 3. The molecular weight excluding hydrogens is 412 g/mol. The predicted octanol–water partition coefficient (Wildman–Crippen LogP) is 5.12. The van der Waals surface area contributed by atoms with Crippen LogP contribution in [0.3, 0.4) is 0 Å². The lowest BCUT2D eigenvalue weighted by Gasteiger charge is -2.39. The summed E-state index contributed by atoms with van der Waals surface area (Å²) in [6.07, 6.45) is 13.1. The van der Waals surface area contributed by atoms with Crippen molar-refractivity contribution in [2.24, 2.45) is 0 Å². The minimum absolute atomic E-state index is 0.0378. The first-order valence-corrected chi connectivity index (χ1v) is 11.5. The quantitative estimate of drug-likeness (QED) is 0.468. The van der Waals surface area contributed by atoms with Gasteiger partial charge < -0.3 is 14.5 Å². The van der Waals surface area contributed by atoms with Crippen molar-refractivity contribution in [2.45, 2.75) is 51.1 Å². The number of pyridine rings is 1. The van der Waals surface area contributed by atoms with Crippen LogP contribution in [0.15, 0.2) is 78.2 Å². The highest BCUT2D eigenvalue weighted by Gasteiger charge is 2.34. The van der Waals surface area contributed by atoms with Crippen LogP contribution in [0.25, 0.3) is 10.8 Å². The molecule has 0 atom stereocenters. The molecule has 0 spiro atoms. The van der Waals surface area contributed by atoms with Gasteiger partial charge in [0, 0.05) is 47.2 Å². The molecule has 1 fully saturated rings. The number of hydrogen-bond acceptors (Lipinski definition) is 3. The summed E-state index contributed by atoms with van der Waals surface area (Å²) in [6.45, 7) is 2.57. The molecule has 0 unspecified atom stereocenters. The molecule has 1 amide bonds. The van der Waals surface area contributed by atoms with Crippen molar-refractivity contribution in [1.82, 2.24) is 14.1 Å². The second kappa shape index (κ2) is 8.70. The van der Waals surface area contributed by atoms with Crippen LogP contribution >= 0.6 is 0 Å². The summed E-state index contributed by atoms with van der Waals surface area (Å²) in [5, 5.41) is 4.34. The molecular formula is C27H28N4O2. The van der Waals surface area contributed by atoms with Gasteiger partial charge in [0.2, 0.25) is 0 Å². The third-order valence-corrected chi connectivity index (χ3v) is 6.85. The topological polar surface area (TPSA) is 68.9 Å². The van der Waals surface area contributed by atoms with Crippen molar-refractivity contribution in [3.05, 3.63) is 94.9 Å². The molecule has 168 valence electrons. The molecule has 5 rings (SSSR count). The molecule has 0 bridgehead atoms. The van der Waals surface area contributed by atoms with E-state index in [-0.39, 0.29) is 17.0 Å². The first-order valence-electron chi connectivity index (χ1n) is 11.5. The summed E-state index contributed by atoms with van der Waals surface area (Å²) in [4.78, 5) is 30.5. The average molecular weight is 441 g/mol. The van der Waals surface area contributed by atoms with E-state index in [2.05, 4.69) is 14.9 Å². The van der Waals surface area contributed by atoms with E-state index in [1.54, 1.807) is 6.07 Å². The number of nitrogens with one attached hydrogen (secondary N) is 1. The zero-order valence-corrected chi connectivity index (χ0v) is 18.8. The van der Waals surface area contributed by atoms with Gasteiger partial charge in [-0.2, -0.15) is 0 Å². The number of imidazole rings is 1. The van der Waals surface area contributed by atoms with Crippen LogP contribution in [-0.4, -0.2) is 20.0 Å². The third-order valence-electron chi connectivity index (χ3n) is 6.85. The Bertz CT molecular complexity index is 1350. The molecule has 0 saturated heterocycles. The summed E-state index contributed by atoms with van der Waals surface area (Å²) >= 11 is 0. The zero-order valence-electron chi connectivity index (χ0n) is 18.8. The van der Waals surface area contributed by atoms with Gasteiger partial charge in [0.05, 0.1) is 11.9 Å². The van der Waals surface area contributed by atoms with E-state index in [9.17, 15) is 9.59 Å². The van der Waals surface area contributed by atoms with Crippen LogP contribution in [0.2, 0.25) is 0 Å². The molecule has 6 heteroatoms. The number of carbonyl (C=O) groups excluding carboxylic acids is 1. The number of amides is 1. The molecule has 2 heterocycles. The summed E-state index contributed by atoms with van der Waals surface area (Å²) in [5.74, 6) is -0.184. The minimum Gasteiger partial charge on any atom is -0.330 e. The van der Waals surface area contributed by atoms with Crippen molar-refractivity contribution in [2.75, 3.05) is 5.32 Å². The highest BCUT2D eigenvalue weighted by atomic mass is 16.1. The van der Waals surface area contributed by atoms with Crippen molar-refractivity contribution in [3.63, 3.8) is 0 Å². The largest absolute Gasteiger partial charge is 0.330 e. The minimum atomic E-state index is -0.184. The van der Waals surface area contributed by atoms with Gasteiger partial charge in [-0.25, -0.2) is 4.98 Å². The van der Waals surface area contributed by atoms with Gasteiger partial charge in [-0.15, -0.1) is 0 Å². The fraction of sp³-hybridized carbons (Fsp3) is 0.296. The summed E-state index contributed by atoms with van der Waals surface area (Å²) < 4.78 is 4.00. The lowest BCUT2D eigenvalue weighted by atomic mass is 9.81. The molecule has 4 aromatic rings. The number of rotatable bonds is 5. The van der Waals surface area contributed by atoms with E-state index < -0.39 is 0 Å². The maximum atomic E-state index is 13.5. The van der Waals surface area contributed by atoms with Crippen LogP contribution in [0, 0.1) is 6.92 Å². The Morgan fingerprint density at radius 1 is 1.03 bits per heavy atom. The standard InChI is InChI=1S/C27H28N4O2/c1-20-7-5-8-21(17-20)25(32)29-24-10-6-9-23-22(24)11-15-30(26(23)33)18-27(12-3-2-4-13-27)31-16-14-28-19-31/h5-11,14-17,19H,2-4,12-13,18H2,1H3,(H,29,32). The van der Waals surface area contributed by atoms with Crippen LogP contribution in [-0.2, 0) is 12.1 Å². The molecule has 1 saturated carbocycles. The smallest absolute Gasteiger partial charge is 0.258 e. The molecule has 0 aliphatic heterocycles. The molecule has 1 aliphatic rings. The SMILES string of the molecule is Cc1cccc(C(=O)Nc2cccc3c(=O)n(CC4(n5ccnc5)CCCCC4)ccc23)c1. The van der Waals surface area contributed by atoms with E-state index >= 15 is 0 Å². The fourth-order valence-electron chi connectivity index (χ4n) is 5.10. The lowest BCUT2D eigenvalue weighted by Crippen LogP contribution is -2.41. The molecule has 1 aliphatic carbocycles. The Labute approximate surface area is 192 Å². The third kappa shape index (κ3) is 4.09. The van der Waals surface area contributed by atoms with Gasteiger partial charge >= 0.3 is 0 Å². The van der Waals surface area contributed by atoms with Gasteiger partial charge in [-0.05, 0) is 50.1 Å². The Morgan fingerprint density at radius 3 is 2.61 bits per heavy atom. The number of benzene rings is 2. The van der Waals surface area contributed by atoms with E-state index in [0.717, 1.165) is 36.6 Å². The van der Waals surface area contributed by atoms with E-state index in [1.807, 2.05) is 78.9 Å². The van der Waals surface area contributed by atoms with Gasteiger partial charge in [0.15, 0.2) is 0 Å². The van der Waals surface area contributed by atoms with Crippen LogP contribution in [0.1, 0.15) is 48.0 Å². The van der Waals surface area contributed by atoms with Crippen molar-refractivity contribution in [3.8, 4) is 0 Å². The second-order valence-corrected chi connectivity index (χ2v) is 9.09. The number of aryl methyl sites for hydroxylation is 1. The average Bonchev–Trinajstić information content (AvgIpc) is 3.38. The number of anilines is 1. The molecule has 33 heavy (non-hydrogen) atoms. The van der Waals surface area contributed by atoms with E-state index in [0.29, 0.717) is 23.2 Å². The molecule has 2 aromatic heterocycles. The van der Waals surface area contributed by atoms with Crippen molar-refractivity contribution >= 4 is 22.4 Å². The maximum Gasteiger partial charge on any atom is 0.258 e.